The van der Waals surface area contributed by atoms with Crippen molar-refractivity contribution >= 4 is 5.82 Å². The predicted octanol–water partition coefficient (Wildman–Crippen LogP) is 1.89. The van der Waals surface area contributed by atoms with Gasteiger partial charge in [-0.1, -0.05) is 0 Å². The number of hydrogen-bond donors (Lipinski definition) is 1. The second kappa shape index (κ2) is 6.70. The molecule has 0 aromatic carbocycles. The quantitative estimate of drug-likeness (QED) is 0.850. The van der Waals surface area contributed by atoms with E-state index in [9.17, 15) is 0 Å². The molecule has 1 aliphatic heterocycles. The summed E-state index contributed by atoms with van der Waals surface area (Å²) in [6.07, 6.45) is 4.67. The van der Waals surface area contributed by atoms with Gasteiger partial charge < -0.3 is 15.4 Å². The molecule has 0 radical (unpaired) electrons. The van der Waals surface area contributed by atoms with Crippen LogP contribution in [0.3, 0.4) is 0 Å². The van der Waals surface area contributed by atoms with Gasteiger partial charge in [0.05, 0.1) is 6.61 Å². The standard InChI is InChI=1S/C14H24N4O/c1-3-19-14-10-13(16-11(2)17-14)18-9-5-7-12(18)6-4-8-15/h10,12H,3-9,15H2,1-2H3. The molecule has 1 aliphatic rings. The van der Waals surface area contributed by atoms with Gasteiger partial charge >= 0.3 is 0 Å². The van der Waals surface area contributed by atoms with Gasteiger partial charge in [0.2, 0.25) is 5.88 Å². The zero-order valence-electron chi connectivity index (χ0n) is 11.9. The fourth-order valence-electron chi connectivity index (χ4n) is 2.69. The molecule has 1 unspecified atom stereocenters. The lowest BCUT2D eigenvalue weighted by Gasteiger charge is -2.26. The lowest BCUT2D eigenvalue weighted by atomic mass is 10.1. The van der Waals surface area contributed by atoms with Crippen LogP contribution < -0.4 is 15.4 Å². The summed E-state index contributed by atoms with van der Waals surface area (Å²) in [4.78, 5) is 11.2. The van der Waals surface area contributed by atoms with Gasteiger partial charge in [-0.05, 0) is 46.1 Å². The molecule has 0 spiro atoms. The fourth-order valence-corrected chi connectivity index (χ4v) is 2.69. The number of aromatic nitrogens is 2. The van der Waals surface area contributed by atoms with Crippen molar-refractivity contribution in [2.24, 2.45) is 5.73 Å². The van der Waals surface area contributed by atoms with E-state index in [1.807, 2.05) is 19.9 Å². The second-order valence-electron chi connectivity index (χ2n) is 4.96. The molecule has 1 aromatic rings. The van der Waals surface area contributed by atoms with Crippen LogP contribution in [0.5, 0.6) is 5.88 Å². The second-order valence-corrected chi connectivity index (χ2v) is 4.96. The molecule has 5 heteroatoms. The Labute approximate surface area is 115 Å². The van der Waals surface area contributed by atoms with E-state index in [0.29, 0.717) is 18.5 Å². The van der Waals surface area contributed by atoms with Gasteiger partial charge in [0.15, 0.2) is 0 Å². The molecule has 1 fully saturated rings. The molecule has 0 aliphatic carbocycles. The normalized spacial score (nSPS) is 18.9. The maximum atomic E-state index is 5.61. The van der Waals surface area contributed by atoms with Gasteiger partial charge in [0.25, 0.3) is 0 Å². The van der Waals surface area contributed by atoms with Crippen LogP contribution in [-0.4, -0.2) is 35.7 Å². The number of anilines is 1. The van der Waals surface area contributed by atoms with Gasteiger partial charge in [-0.2, -0.15) is 4.98 Å². The first-order valence-corrected chi connectivity index (χ1v) is 7.19. The van der Waals surface area contributed by atoms with Crippen molar-refractivity contribution in [3.05, 3.63) is 11.9 Å². The van der Waals surface area contributed by atoms with Gasteiger partial charge in [0, 0.05) is 18.7 Å². The van der Waals surface area contributed by atoms with Gasteiger partial charge in [0.1, 0.15) is 11.6 Å². The summed E-state index contributed by atoms with van der Waals surface area (Å²) in [5, 5.41) is 0. The molecule has 1 saturated heterocycles. The van der Waals surface area contributed by atoms with Crippen LogP contribution in [0.2, 0.25) is 0 Å². The van der Waals surface area contributed by atoms with Crippen LogP contribution in [0.4, 0.5) is 5.82 Å². The summed E-state index contributed by atoms with van der Waals surface area (Å²) in [5.41, 5.74) is 5.61. The lowest BCUT2D eigenvalue weighted by molar-refractivity contribution is 0.325. The number of rotatable bonds is 6. The van der Waals surface area contributed by atoms with Crippen molar-refractivity contribution < 1.29 is 4.74 Å². The summed E-state index contributed by atoms with van der Waals surface area (Å²) in [7, 11) is 0. The van der Waals surface area contributed by atoms with Crippen LogP contribution in [-0.2, 0) is 0 Å². The van der Waals surface area contributed by atoms with E-state index < -0.39 is 0 Å². The monoisotopic (exact) mass is 264 g/mol. The fraction of sp³-hybridized carbons (Fsp3) is 0.714. The molecule has 2 heterocycles. The predicted molar refractivity (Wildman–Crippen MR) is 76.6 cm³/mol. The maximum Gasteiger partial charge on any atom is 0.218 e. The Kier molecular flexibility index (Phi) is 4.96. The summed E-state index contributed by atoms with van der Waals surface area (Å²) >= 11 is 0. The summed E-state index contributed by atoms with van der Waals surface area (Å²) in [5.74, 6) is 2.44. The zero-order chi connectivity index (χ0) is 13.7. The Morgan fingerprint density at radius 3 is 3.05 bits per heavy atom. The van der Waals surface area contributed by atoms with E-state index in [0.717, 1.165) is 37.6 Å². The number of ether oxygens (including phenoxy) is 1. The van der Waals surface area contributed by atoms with Crippen molar-refractivity contribution in [2.75, 3.05) is 24.6 Å². The third kappa shape index (κ3) is 3.56. The van der Waals surface area contributed by atoms with Crippen LogP contribution in [0.15, 0.2) is 6.07 Å². The SMILES string of the molecule is CCOc1cc(N2CCCC2CCCN)nc(C)n1. The highest BCUT2D eigenvalue weighted by Gasteiger charge is 2.25. The molecule has 19 heavy (non-hydrogen) atoms. The minimum absolute atomic E-state index is 0.562. The number of nitrogens with zero attached hydrogens (tertiary/aromatic N) is 3. The average molecular weight is 264 g/mol. The van der Waals surface area contributed by atoms with E-state index in [2.05, 4.69) is 14.9 Å². The Bertz CT molecular complexity index is 410. The smallest absolute Gasteiger partial charge is 0.218 e. The average Bonchev–Trinajstić information content (AvgIpc) is 2.84. The van der Waals surface area contributed by atoms with Gasteiger partial charge in [-0.15, -0.1) is 0 Å². The number of nitrogens with two attached hydrogens (primary N) is 1. The Morgan fingerprint density at radius 2 is 2.32 bits per heavy atom. The number of aryl methyl sites for hydroxylation is 1. The maximum absolute atomic E-state index is 5.61. The van der Waals surface area contributed by atoms with Crippen LogP contribution in [0.1, 0.15) is 38.4 Å². The molecular weight excluding hydrogens is 240 g/mol. The molecule has 2 rings (SSSR count). The van der Waals surface area contributed by atoms with E-state index >= 15 is 0 Å². The Hall–Kier alpha value is -1.36. The van der Waals surface area contributed by atoms with Gasteiger partial charge in [-0.25, -0.2) is 4.98 Å². The highest BCUT2D eigenvalue weighted by molar-refractivity contribution is 5.44. The van der Waals surface area contributed by atoms with Crippen LogP contribution in [0.25, 0.3) is 0 Å². The minimum Gasteiger partial charge on any atom is -0.478 e. The molecule has 1 atom stereocenters. The Morgan fingerprint density at radius 1 is 1.47 bits per heavy atom. The van der Waals surface area contributed by atoms with E-state index in [1.54, 1.807) is 0 Å². The van der Waals surface area contributed by atoms with Crippen molar-refractivity contribution in [1.82, 2.24) is 9.97 Å². The molecule has 0 bridgehead atoms. The molecular formula is C14H24N4O. The summed E-state index contributed by atoms with van der Waals surface area (Å²) in [6.45, 7) is 6.34. The van der Waals surface area contributed by atoms with E-state index in [1.165, 1.54) is 12.8 Å². The molecule has 0 saturated carbocycles. The van der Waals surface area contributed by atoms with Gasteiger partial charge in [-0.3, -0.25) is 0 Å². The van der Waals surface area contributed by atoms with Crippen molar-refractivity contribution in [3.8, 4) is 5.88 Å². The summed E-state index contributed by atoms with van der Waals surface area (Å²) < 4.78 is 5.51. The van der Waals surface area contributed by atoms with Crippen molar-refractivity contribution in [3.63, 3.8) is 0 Å². The summed E-state index contributed by atoms with van der Waals surface area (Å²) in [6, 6.07) is 2.52. The zero-order valence-corrected chi connectivity index (χ0v) is 11.9. The van der Waals surface area contributed by atoms with Crippen LogP contribution in [0, 0.1) is 6.92 Å². The highest BCUT2D eigenvalue weighted by atomic mass is 16.5. The first-order chi connectivity index (χ1) is 9.24. The minimum atomic E-state index is 0.562. The third-order valence-electron chi connectivity index (χ3n) is 3.51. The highest BCUT2D eigenvalue weighted by Crippen LogP contribution is 2.28. The lowest BCUT2D eigenvalue weighted by Crippen LogP contribution is -2.30. The molecule has 1 aromatic heterocycles. The topological polar surface area (TPSA) is 64.3 Å². The first kappa shape index (κ1) is 14.1. The van der Waals surface area contributed by atoms with Crippen LogP contribution >= 0.6 is 0 Å². The third-order valence-corrected chi connectivity index (χ3v) is 3.51. The van der Waals surface area contributed by atoms with E-state index in [-0.39, 0.29) is 0 Å². The number of hydrogen-bond acceptors (Lipinski definition) is 5. The molecule has 106 valence electrons. The Balaban J connectivity index is 2.15. The van der Waals surface area contributed by atoms with Crippen molar-refractivity contribution in [2.45, 2.75) is 45.6 Å². The largest absolute Gasteiger partial charge is 0.478 e. The molecule has 5 nitrogen and oxygen atoms in total. The van der Waals surface area contributed by atoms with E-state index in [4.69, 9.17) is 10.5 Å². The van der Waals surface area contributed by atoms with Crippen molar-refractivity contribution in [1.29, 1.82) is 0 Å². The first-order valence-electron chi connectivity index (χ1n) is 7.19. The molecule has 2 N–H and O–H groups in total. The molecule has 0 amide bonds.